The Hall–Kier alpha value is -3.89. The number of aryl methyl sites for hydroxylation is 1. The van der Waals surface area contributed by atoms with E-state index in [0.29, 0.717) is 17.4 Å². The van der Waals surface area contributed by atoms with Gasteiger partial charge in [0.1, 0.15) is 24.2 Å². The van der Waals surface area contributed by atoms with Crippen LogP contribution in [0.25, 0.3) is 27.8 Å². The van der Waals surface area contributed by atoms with Gasteiger partial charge in [-0.2, -0.15) is 10.1 Å². The zero-order chi connectivity index (χ0) is 20.8. The topological polar surface area (TPSA) is 109 Å². The molecule has 0 aliphatic carbocycles. The lowest BCUT2D eigenvalue weighted by Crippen LogP contribution is -2.02. The number of pyridine rings is 1. The Morgan fingerprint density at radius 3 is 2.90 bits per heavy atom. The molecule has 1 atom stereocenters. The van der Waals surface area contributed by atoms with Gasteiger partial charge in [-0.1, -0.05) is 0 Å². The van der Waals surface area contributed by atoms with Crippen molar-refractivity contribution >= 4 is 16.7 Å². The molecule has 30 heavy (non-hydrogen) atoms. The van der Waals surface area contributed by atoms with Crippen LogP contribution in [0.4, 0.5) is 4.39 Å². The highest BCUT2D eigenvalue weighted by atomic mass is 19.1. The monoisotopic (exact) mass is 408 g/mol. The smallest absolute Gasteiger partial charge is 0.250 e. The molecule has 0 bridgehead atoms. The van der Waals surface area contributed by atoms with E-state index >= 15 is 0 Å². The van der Waals surface area contributed by atoms with E-state index in [1.165, 1.54) is 13.3 Å². The first-order valence-electron chi connectivity index (χ1n) is 9.21. The van der Waals surface area contributed by atoms with Crippen molar-refractivity contribution in [3.8, 4) is 17.0 Å². The average molecular weight is 408 g/mol. The van der Waals surface area contributed by atoms with Crippen molar-refractivity contribution in [3.05, 3.63) is 48.5 Å². The number of hydrogen-bond acceptors (Lipinski definition) is 8. The van der Waals surface area contributed by atoms with Crippen molar-refractivity contribution < 1.29 is 13.5 Å². The molecule has 0 N–H and O–H groups in total. The molecule has 0 saturated carbocycles. The Morgan fingerprint density at radius 2 is 2.13 bits per heavy atom. The quantitative estimate of drug-likeness (QED) is 0.437. The summed E-state index contributed by atoms with van der Waals surface area (Å²) in [6.45, 7) is 3.47. The lowest BCUT2D eigenvalue weighted by molar-refractivity contribution is 0.290. The lowest BCUT2D eigenvalue weighted by atomic mass is 10.1. The molecule has 0 saturated heterocycles. The highest BCUT2D eigenvalue weighted by Gasteiger charge is 2.18. The second-order valence-electron chi connectivity index (χ2n) is 6.75. The molecule has 0 amide bonds. The number of nitrogens with zero attached hydrogens (tertiary/aromatic N) is 8. The maximum absolute atomic E-state index is 13.4. The van der Waals surface area contributed by atoms with Crippen LogP contribution < -0.4 is 4.74 Å². The molecule has 0 radical (unpaired) electrons. The van der Waals surface area contributed by atoms with Crippen molar-refractivity contribution in [1.82, 2.24) is 39.3 Å². The van der Waals surface area contributed by atoms with Crippen molar-refractivity contribution in [1.29, 1.82) is 0 Å². The molecule has 5 aromatic heterocycles. The van der Waals surface area contributed by atoms with E-state index in [-0.39, 0.29) is 12.4 Å². The number of alkyl halides is 1. The summed E-state index contributed by atoms with van der Waals surface area (Å²) in [5, 5.41) is 11.9. The van der Waals surface area contributed by atoms with E-state index < -0.39 is 6.17 Å². The van der Waals surface area contributed by atoms with E-state index in [1.807, 2.05) is 29.8 Å². The van der Waals surface area contributed by atoms with Crippen LogP contribution in [0.1, 0.15) is 30.7 Å². The summed E-state index contributed by atoms with van der Waals surface area (Å²) in [7, 11) is 1.57. The van der Waals surface area contributed by atoms with Gasteiger partial charge in [-0.25, -0.2) is 18.9 Å². The van der Waals surface area contributed by atoms with E-state index in [4.69, 9.17) is 9.15 Å². The fourth-order valence-corrected chi connectivity index (χ4v) is 3.40. The van der Waals surface area contributed by atoms with Gasteiger partial charge >= 0.3 is 0 Å². The Morgan fingerprint density at radius 1 is 1.27 bits per heavy atom. The van der Waals surface area contributed by atoms with Gasteiger partial charge in [-0.15, -0.1) is 10.2 Å². The fourth-order valence-electron chi connectivity index (χ4n) is 3.40. The Balaban J connectivity index is 1.62. The van der Waals surface area contributed by atoms with Crippen LogP contribution >= 0.6 is 0 Å². The Bertz CT molecular complexity index is 1370. The van der Waals surface area contributed by atoms with E-state index in [9.17, 15) is 4.39 Å². The number of rotatable bonds is 5. The van der Waals surface area contributed by atoms with E-state index in [2.05, 4.69) is 30.2 Å². The van der Waals surface area contributed by atoms with Gasteiger partial charge in [0.25, 0.3) is 0 Å². The van der Waals surface area contributed by atoms with Gasteiger partial charge in [0.15, 0.2) is 11.8 Å². The number of methoxy groups -OCH3 is 1. The number of ether oxygens (including phenoxy) is 1. The van der Waals surface area contributed by atoms with Gasteiger partial charge in [0, 0.05) is 23.5 Å². The minimum atomic E-state index is -1.32. The van der Waals surface area contributed by atoms with Crippen LogP contribution in [-0.4, -0.2) is 46.4 Å². The molecular weight excluding hydrogens is 391 g/mol. The van der Waals surface area contributed by atoms with Crippen LogP contribution in [0.15, 0.2) is 35.3 Å². The average Bonchev–Trinajstić information content (AvgIpc) is 3.45. The predicted octanol–water partition coefficient (Wildman–Crippen LogP) is 2.92. The fraction of sp³-hybridized carbons (Fsp3) is 0.263. The minimum absolute atomic E-state index is 0.0433. The molecule has 5 rings (SSSR count). The van der Waals surface area contributed by atoms with Crippen LogP contribution in [-0.2, 0) is 6.54 Å². The first-order valence-corrected chi connectivity index (χ1v) is 9.21. The molecule has 5 heterocycles. The third-order valence-electron chi connectivity index (χ3n) is 4.84. The summed E-state index contributed by atoms with van der Waals surface area (Å²) in [5.74, 6) is 1.45. The summed E-state index contributed by atoms with van der Waals surface area (Å²) < 4.78 is 27.8. The van der Waals surface area contributed by atoms with Crippen molar-refractivity contribution in [2.45, 2.75) is 26.6 Å². The molecule has 0 spiro atoms. The predicted molar refractivity (Wildman–Crippen MR) is 104 cm³/mol. The lowest BCUT2D eigenvalue weighted by Gasteiger charge is -2.06. The first-order chi connectivity index (χ1) is 14.5. The van der Waals surface area contributed by atoms with Crippen LogP contribution in [0, 0.1) is 6.92 Å². The van der Waals surface area contributed by atoms with Gasteiger partial charge in [-0.05, 0) is 26.0 Å². The Kier molecular flexibility index (Phi) is 4.16. The van der Waals surface area contributed by atoms with Crippen molar-refractivity contribution in [2.75, 3.05) is 7.11 Å². The van der Waals surface area contributed by atoms with Crippen LogP contribution in [0.2, 0.25) is 0 Å². The highest BCUT2D eigenvalue weighted by Crippen LogP contribution is 2.31. The summed E-state index contributed by atoms with van der Waals surface area (Å²) in [5.41, 5.74) is 3.83. The van der Waals surface area contributed by atoms with Crippen LogP contribution in [0.3, 0.4) is 0 Å². The summed E-state index contributed by atoms with van der Waals surface area (Å²) in [6.07, 6.45) is 3.70. The van der Waals surface area contributed by atoms with Gasteiger partial charge in [0.05, 0.1) is 12.6 Å². The maximum atomic E-state index is 13.4. The second-order valence-corrected chi connectivity index (χ2v) is 6.75. The summed E-state index contributed by atoms with van der Waals surface area (Å²) in [4.78, 5) is 13.2. The number of imidazole rings is 1. The molecule has 0 aliphatic heterocycles. The number of halogens is 1. The Labute approximate surface area is 169 Å². The number of fused-ring (bicyclic) bond motifs is 2. The maximum Gasteiger partial charge on any atom is 0.250 e. The third kappa shape index (κ3) is 2.86. The second kappa shape index (κ2) is 6.87. The van der Waals surface area contributed by atoms with Crippen molar-refractivity contribution in [2.24, 2.45) is 0 Å². The van der Waals surface area contributed by atoms with E-state index in [0.717, 1.165) is 28.0 Å². The molecule has 0 fully saturated rings. The standard InChI is InChI=1S/C19H17FN8O2/c1-10(20)18-26-25-15(30-18)8-27-11(2)24-17-14(27)6-12(7-21-17)13-4-5-28-16(13)19(29-3)22-9-23-28/h4-7,9-10H,8H2,1-3H3. The molecule has 1 unspecified atom stereocenters. The SMILES string of the molecule is COc1ncnn2ccc(-c3cnc4nc(C)n(Cc5nnc(C(C)F)o5)c4c3)c12. The molecule has 0 aromatic carbocycles. The first kappa shape index (κ1) is 18.2. The zero-order valence-electron chi connectivity index (χ0n) is 16.4. The van der Waals surface area contributed by atoms with E-state index in [1.54, 1.807) is 17.8 Å². The van der Waals surface area contributed by atoms with Gasteiger partial charge in [0.2, 0.25) is 17.7 Å². The zero-order valence-corrected chi connectivity index (χ0v) is 16.4. The third-order valence-corrected chi connectivity index (χ3v) is 4.84. The molecule has 10 nitrogen and oxygen atoms in total. The molecule has 152 valence electrons. The number of hydrogen-bond donors (Lipinski definition) is 0. The highest BCUT2D eigenvalue weighted by molar-refractivity contribution is 5.87. The molecule has 0 aliphatic rings. The van der Waals surface area contributed by atoms with Crippen molar-refractivity contribution in [3.63, 3.8) is 0 Å². The summed E-state index contributed by atoms with van der Waals surface area (Å²) in [6, 6.07) is 3.90. The summed E-state index contributed by atoms with van der Waals surface area (Å²) >= 11 is 0. The van der Waals surface area contributed by atoms with Gasteiger partial charge in [-0.3, -0.25) is 0 Å². The largest absolute Gasteiger partial charge is 0.479 e. The number of aromatic nitrogens is 8. The van der Waals surface area contributed by atoms with Crippen LogP contribution in [0.5, 0.6) is 5.88 Å². The minimum Gasteiger partial charge on any atom is -0.479 e. The molecule has 5 aromatic rings. The molecular formula is C19H17FN8O2. The van der Waals surface area contributed by atoms with Gasteiger partial charge < -0.3 is 13.7 Å². The normalized spacial score (nSPS) is 12.7. The molecule has 11 heteroatoms.